The summed E-state index contributed by atoms with van der Waals surface area (Å²) in [5.74, 6) is 1.26. The van der Waals surface area contributed by atoms with Crippen molar-refractivity contribution in [3.05, 3.63) is 35.5 Å². The van der Waals surface area contributed by atoms with Gasteiger partial charge in [0, 0.05) is 23.2 Å². The summed E-state index contributed by atoms with van der Waals surface area (Å²) in [7, 11) is 1.63. The largest absolute Gasteiger partial charge is 0.493 e. The molecule has 0 heterocycles. The number of hydrogen-bond donors (Lipinski definition) is 0. The maximum Gasteiger partial charge on any atom is 0.258 e. The van der Waals surface area contributed by atoms with Crippen molar-refractivity contribution in [1.82, 2.24) is 4.90 Å². The molecule has 4 rings (SSSR count). The predicted molar refractivity (Wildman–Crippen MR) is 111 cm³/mol. The van der Waals surface area contributed by atoms with Crippen molar-refractivity contribution >= 4 is 12.2 Å². The van der Waals surface area contributed by atoms with E-state index in [0.717, 1.165) is 63.3 Å². The third-order valence-electron chi connectivity index (χ3n) is 6.54. The van der Waals surface area contributed by atoms with Gasteiger partial charge < -0.3 is 19.2 Å². The SMILES string of the molecule is COc1ccc(C(=O)N(C2=CC(C=O)CC2)C2CCCC2)cc1OC1CCCC1. The van der Waals surface area contributed by atoms with E-state index in [0.29, 0.717) is 17.1 Å². The van der Waals surface area contributed by atoms with Gasteiger partial charge in [-0.25, -0.2) is 0 Å². The molecule has 0 saturated heterocycles. The number of rotatable bonds is 7. The number of ether oxygens (including phenoxy) is 2. The summed E-state index contributed by atoms with van der Waals surface area (Å²) >= 11 is 0. The molecule has 0 aromatic heterocycles. The fourth-order valence-corrected chi connectivity index (χ4v) is 4.96. The van der Waals surface area contributed by atoms with Crippen LogP contribution in [-0.4, -0.2) is 36.3 Å². The van der Waals surface area contributed by atoms with Crippen LogP contribution in [0.2, 0.25) is 0 Å². The molecule has 1 unspecified atom stereocenters. The van der Waals surface area contributed by atoms with Crippen LogP contribution in [0.25, 0.3) is 0 Å². The van der Waals surface area contributed by atoms with Crippen LogP contribution >= 0.6 is 0 Å². The lowest BCUT2D eigenvalue weighted by molar-refractivity contribution is -0.109. The van der Waals surface area contributed by atoms with Gasteiger partial charge in [-0.3, -0.25) is 4.79 Å². The molecule has 1 atom stereocenters. The van der Waals surface area contributed by atoms with E-state index in [1.54, 1.807) is 7.11 Å². The zero-order valence-corrected chi connectivity index (χ0v) is 17.3. The summed E-state index contributed by atoms with van der Waals surface area (Å²) in [6, 6.07) is 5.73. The smallest absolute Gasteiger partial charge is 0.258 e. The molecule has 2 saturated carbocycles. The van der Waals surface area contributed by atoms with E-state index in [4.69, 9.17) is 9.47 Å². The fraction of sp³-hybridized carbons (Fsp3) is 0.583. The van der Waals surface area contributed by atoms with Crippen LogP contribution in [0.3, 0.4) is 0 Å². The molecule has 3 aliphatic rings. The van der Waals surface area contributed by atoms with Crippen LogP contribution in [-0.2, 0) is 4.79 Å². The Morgan fingerprint density at radius 3 is 2.41 bits per heavy atom. The average Bonchev–Trinajstić information content (AvgIpc) is 3.51. The molecule has 5 heteroatoms. The standard InChI is InChI=1S/C24H31NO4/c1-28-22-13-11-18(15-23(22)29-21-8-4-5-9-21)24(27)25(19-6-2-3-7-19)20-12-10-17(14-20)16-26/h11,13-17,19,21H,2-10,12H2,1H3. The van der Waals surface area contributed by atoms with Gasteiger partial charge in [-0.05, 0) is 69.6 Å². The number of aldehydes is 1. The van der Waals surface area contributed by atoms with E-state index >= 15 is 0 Å². The molecule has 2 fully saturated rings. The minimum absolute atomic E-state index is 0.00799. The highest BCUT2D eigenvalue weighted by Gasteiger charge is 2.33. The Morgan fingerprint density at radius 1 is 1.03 bits per heavy atom. The van der Waals surface area contributed by atoms with Gasteiger partial charge in [-0.1, -0.05) is 18.9 Å². The van der Waals surface area contributed by atoms with Gasteiger partial charge in [0.2, 0.25) is 0 Å². The van der Waals surface area contributed by atoms with E-state index in [1.165, 1.54) is 12.8 Å². The summed E-state index contributed by atoms with van der Waals surface area (Å²) in [6.45, 7) is 0. The van der Waals surface area contributed by atoms with Crippen molar-refractivity contribution in [1.29, 1.82) is 0 Å². The Morgan fingerprint density at radius 2 is 1.76 bits per heavy atom. The van der Waals surface area contributed by atoms with Gasteiger partial charge in [-0.15, -0.1) is 0 Å². The lowest BCUT2D eigenvalue weighted by Crippen LogP contribution is -2.37. The fourth-order valence-electron chi connectivity index (χ4n) is 4.96. The molecule has 156 valence electrons. The van der Waals surface area contributed by atoms with E-state index in [2.05, 4.69) is 0 Å². The molecule has 0 aliphatic heterocycles. The second-order valence-corrected chi connectivity index (χ2v) is 8.50. The Kier molecular flexibility index (Phi) is 6.22. The number of carbonyl (C=O) groups is 2. The Balaban J connectivity index is 1.62. The van der Waals surface area contributed by atoms with Gasteiger partial charge in [0.05, 0.1) is 13.2 Å². The second kappa shape index (κ2) is 9.02. The number of methoxy groups -OCH3 is 1. The third kappa shape index (κ3) is 4.34. The van der Waals surface area contributed by atoms with Gasteiger partial charge in [0.1, 0.15) is 6.29 Å². The zero-order chi connectivity index (χ0) is 20.2. The first-order chi connectivity index (χ1) is 14.2. The lowest BCUT2D eigenvalue weighted by atomic mass is 10.1. The molecule has 0 N–H and O–H groups in total. The number of benzene rings is 1. The summed E-state index contributed by atoms with van der Waals surface area (Å²) in [5.41, 5.74) is 1.63. The summed E-state index contributed by atoms with van der Waals surface area (Å²) in [5, 5.41) is 0. The minimum Gasteiger partial charge on any atom is -0.493 e. The molecule has 3 aliphatic carbocycles. The zero-order valence-electron chi connectivity index (χ0n) is 17.3. The van der Waals surface area contributed by atoms with Gasteiger partial charge >= 0.3 is 0 Å². The second-order valence-electron chi connectivity index (χ2n) is 8.50. The molecule has 0 spiro atoms. The van der Waals surface area contributed by atoms with Crippen LogP contribution in [0.4, 0.5) is 0 Å². The number of hydrogen-bond acceptors (Lipinski definition) is 4. The maximum absolute atomic E-state index is 13.6. The van der Waals surface area contributed by atoms with Crippen LogP contribution in [0.1, 0.15) is 74.6 Å². The lowest BCUT2D eigenvalue weighted by Gasteiger charge is -2.30. The molecule has 29 heavy (non-hydrogen) atoms. The molecule has 5 nitrogen and oxygen atoms in total. The molecule has 0 radical (unpaired) electrons. The molecule has 1 aromatic carbocycles. The maximum atomic E-state index is 13.6. The molecular weight excluding hydrogens is 366 g/mol. The van der Waals surface area contributed by atoms with Crippen molar-refractivity contribution in [2.45, 2.75) is 76.4 Å². The van der Waals surface area contributed by atoms with E-state index in [1.807, 2.05) is 29.2 Å². The van der Waals surface area contributed by atoms with Crippen LogP contribution in [0, 0.1) is 5.92 Å². The van der Waals surface area contributed by atoms with E-state index in [9.17, 15) is 9.59 Å². The summed E-state index contributed by atoms with van der Waals surface area (Å²) in [4.78, 5) is 26.8. The van der Waals surface area contributed by atoms with Gasteiger partial charge in [0.25, 0.3) is 5.91 Å². The van der Waals surface area contributed by atoms with Crippen molar-refractivity contribution in [3.8, 4) is 11.5 Å². The van der Waals surface area contributed by atoms with Crippen molar-refractivity contribution < 1.29 is 19.1 Å². The van der Waals surface area contributed by atoms with Crippen molar-refractivity contribution in [2.24, 2.45) is 5.92 Å². The minimum atomic E-state index is -0.0705. The third-order valence-corrected chi connectivity index (χ3v) is 6.54. The molecule has 0 bridgehead atoms. The Hall–Kier alpha value is -2.30. The van der Waals surface area contributed by atoms with Crippen LogP contribution in [0.5, 0.6) is 11.5 Å². The quantitative estimate of drug-likeness (QED) is 0.615. The number of allylic oxidation sites excluding steroid dienone is 2. The van der Waals surface area contributed by atoms with E-state index in [-0.39, 0.29) is 24.0 Å². The van der Waals surface area contributed by atoms with E-state index < -0.39 is 0 Å². The highest BCUT2D eigenvalue weighted by Crippen LogP contribution is 2.36. The summed E-state index contributed by atoms with van der Waals surface area (Å²) in [6.07, 6.45) is 13.6. The van der Waals surface area contributed by atoms with Gasteiger partial charge in [-0.2, -0.15) is 0 Å². The van der Waals surface area contributed by atoms with Crippen molar-refractivity contribution in [3.63, 3.8) is 0 Å². The first-order valence-corrected chi connectivity index (χ1v) is 11.0. The number of amides is 1. The normalized spacial score (nSPS) is 22.5. The Labute approximate surface area is 173 Å². The average molecular weight is 398 g/mol. The molecular formula is C24H31NO4. The van der Waals surface area contributed by atoms with Crippen molar-refractivity contribution in [2.75, 3.05) is 7.11 Å². The van der Waals surface area contributed by atoms with Crippen LogP contribution in [0.15, 0.2) is 30.0 Å². The topological polar surface area (TPSA) is 55.8 Å². The first-order valence-electron chi connectivity index (χ1n) is 11.0. The summed E-state index contributed by atoms with van der Waals surface area (Å²) < 4.78 is 11.7. The molecule has 1 aromatic rings. The Bertz CT molecular complexity index is 775. The predicted octanol–water partition coefficient (Wildman–Crippen LogP) is 4.89. The van der Waals surface area contributed by atoms with Gasteiger partial charge in [0.15, 0.2) is 11.5 Å². The molecule has 1 amide bonds. The highest BCUT2D eigenvalue weighted by atomic mass is 16.5. The number of carbonyl (C=O) groups excluding carboxylic acids is 2. The first kappa shape index (κ1) is 20.0. The monoisotopic (exact) mass is 397 g/mol. The van der Waals surface area contributed by atoms with Crippen LogP contribution < -0.4 is 9.47 Å². The number of nitrogens with zero attached hydrogens (tertiary/aromatic N) is 1. The highest BCUT2D eigenvalue weighted by molar-refractivity contribution is 5.96.